The van der Waals surface area contributed by atoms with Crippen LogP contribution in [0.1, 0.15) is 20.3 Å². The number of halogens is 3. The van der Waals surface area contributed by atoms with Crippen molar-refractivity contribution in [3.05, 3.63) is 6.92 Å². The molecule has 0 saturated carbocycles. The minimum absolute atomic E-state index is 0.229. The van der Waals surface area contributed by atoms with E-state index in [1.807, 2.05) is 0 Å². The topological polar surface area (TPSA) is 0 Å². The van der Waals surface area contributed by atoms with Gasteiger partial charge in [0.15, 0.2) is 0 Å². The van der Waals surface area contributed by atoms with Crippen molar-refractivity contribution in [1.29, 1.82) is 0 Å². The number of hydrogen-bond donors (Lipinski definition) is 0. The summed E-state index contributed by atoms with van der Waals surface area (Å²) in [5.74, 6) is 0.634. The Morgan fingerprint density at radius 2 is 1.56 bits per heavy atom. The van der Waals surface area contributed by atoms with Crippen LogP contribution in [0.3, 0.4) is 0 Å². The molecule has 0 saturated heterocycles. The Kier molecular flexibility index (Phi) is 17.0. The fourth-order valence-corrected chi connectivity index (χ4v) is 0. The third kappa shape index (κ3) is 36.6. The third-order valence-corrected chi connectivity index (χ3v) is 0.697. The Balaban J connectivity index is 0. The Hall–Kier alpha value is 2.72. The molecule has 0 nitrogen and oxygen atoms in total. The molecule has 0 aromatic carbocycles. The molecule has 1 atom stereocenters. The van der Waals surface area contributed by atoms with Gasteiger partial charge in [-0.25, -0.2) is 0 Å². The second-order valence-electron chi connectivity index (χ2n) is 1.76. The van der Waals surface area contributed by atoms with Crippen molar-refractivity contribution < 1.29 is 0 Å². The number of hydrogen-bond acceptors (Lipinski definition) is 0. The zero-order valence-electron chi connectivity index (χ0n) is 5.70. The highest BCUT2D eigenvalue weighted by molar-refractivity contribution is 14.4. The average molecular weight is 479 g/mol. The molecule has 0 heterocycles. The lowest BCUT2D eigenvalue weighted by atomic mass is 10.2. The molecular weight excluding hydrogens is 468 g/mol. The van der Waals surface area contributed by atoms with Gasteiger partial charge in [-0.05, 0) is 5.92 Å². The zero-order valence-corrected chi connectivity index (χ0v) is 13.3. The van der Waals surface area contributed by atoms with Gasteiger partial charge in [0.2, 0.25) is 0 Å². The van der Waals surface area contributed by atoms with Gasteiger partial charge in [0.1, 0.15) is 0 Å². The van der Waals surface area contributed by atoms with E-state index in [4.69, 9.17) is 0 Å². The molecule has 0 aliphatic rings. The van der Waals surface area contributed by atoms with E-state index in [0.717, 1.165) is 0 Å². The molecule has 0 rings (SSSR count). The zero-order chi connectivity index (χ0) is 7.86. The predicted molar refractivity (Wildman–Crippen MR) is 72.6 cm³/mol. The van der Waals surface area contributed by atoms with Crippen LogP contribution in [0, 0.1) is 12.8 Å². The monoisotopic (exact) mass is 479 g/mol. The van der Waals surface area contributed by atoms with Crippen LogP contribution < -0.4 is 0 Å². The summed E-state index contributed by atoms with van der Waals surface area (Å²) in [4.78, 5) is 0. The molecule has 0 aliphatic carbocycles. The summed E-state index contributed by atoms with van der Waals surface area (Å²) in [5.41, 5.74) is 0. The van der Waals surface area contributed by atoms with Gasteiger partial charge < -0.3 is 0 Å². The van der Waals surface area contributed by atoms with E-state index in [1.165, 1.54) is 6.42 Å². The molecule has 1 radical (unpaired) electrons. The Morgan fingerprint density at radius 3 is 1.56 bits per heavy atom. The first-order valence-electron chi connectivity index (χ1n) is 2.76. The van der Waals surface area contributed by atoms with Crippen molar-refractivity contribution in [1.82, 2.24) is 0 Å². The van der Waals surface area contributed by atoms with E-state index in [2.05, 4.69) is 81.6 Å². The molecule has 4 heteroatoms. The molecule has 0 amide bonds. The maximum atomic E-state index is 3.76. The summed E-state index contributed by atoms with van der Waals surface area (Å²) in [6.07, 6.45) is 1.19. The van der Waals surface area contributed by atoms with Gasteiger partial charge in [-0.2, -0.15) is 60.8 Å². The van der Waals surface area contributed by atoms with E-state index in [0.29, 0.717) is 5.92 Å². The molecule has 0 fully saturated rings. The maximum Gasteiger partial charge on any atom is 0.524 e. The van der Waals surface area contributed by atoms with Crippen LogP contribution in [0.2, 0.25) is 0 Å². The minimum Gasteiger partial charge on any atom is -0.175 e. The van der Waals surface area contributed by atoms with Gasteiger partial charge in [-0.3, -0.25) is 0 Å². The van der Waals surface area contributed by atoms with Crippen LogP contribution in [0.15, 0.2) is 0 Å². The van der Waals surface area contributed by atoms with Crippen molar-refractivity contribution >= 4 is 65.1 Å². The van der Waals surface area contributed by atoms with E-state index in [9.17, 15) is 0 Å². The van der Waals surface area contributed by atoms with Crippen LogP contribution in [-0.4, -0.2) is 4.30 Å². The largest absolute Gasteiger partial charge is 0.524 e. The highest BCUT2D eigenvalue weighted by Gasteiger charge is 1.94. The minimum atomic E-state index is -0.229. The Bertz CT molecular complexity index is 44.7. The molecule has 0 bridgehead atoms. The van der Waals surface area contributed by atoms with Gasteiger partial charge in [-0.15, -0.1) is 0 Å². The van der Waals surface area contributed by atoms with E-state index in [1.54, 1.807) is 0 Å². The van der Waals surface area contributed by atoms with Gasteiger partial charge in [0.05, 0.1) is 0 Å². The summed E-state index contributed by atoms with van der Waals surface area (Å²) in [6.45, 7) is 8.00. The quantitative estimate of drug-likeness (QED) is 0.392. The molecule has 55 valence electrons. The number of rotatable bonds is 1. The standard InChI is InChI=1S/C5H11.Al.3HI/c1-4-5(2)3;;;;/h5H,2,4H2,1,3H3;;3*1H/q;+3;;;/p-3. The normalized spacial score (nSPS) is 8.33. The summed E-state index contributed by atoms with van der Waals surface area (Å²) in [5, 5.41) is 0. The van der Waals surface area contributed by atoms with Crippen molar-refractivity contribution in [2.45, 2.75) is 20.3 Å². The molecule has 0 spiro atoms. The van der Waals surface area contributed by atoms with E-state index in [-0.39, 0.29) is 4.30 Å². The summed E-state index contributed by atoms with van der Waals surface area (Å²) in [7, 11) is 0. The first kappa shape index (κ1) is 14.3. The molecule has 0 aromatic rings. The Morgan fingerprint density at radius 1 is 1.44 bits per heavy atom. The fourth-order valence-electron chi connectivity index (χ4n) is 0. The lowest BCUT2D eigenvalue weighted by molar-refractivity contribution is 0.694. The first-order chi connectivity index (χ1) is 4.00. The summed E-state index contributed by atoms with van der Waals surface area (Å²) >= 11 is 7.37. The van der Waals surface area contributed by atoms with Gasteiger partial charge in [0, 0.05) is 0 Å². The van der Waals surface area contributed by atoms with Crippen LogP contribution in [-0.2, 0) is 0 Å². The first-order valence-corrected chi connectivity index (χ1v) is 15.3. The van der Waals surface area contributed by atoms with Crippen molar-refractivity contribution in [3.8, 4) is 0 Å². The van der Waals surface area contributed by atoms with Crippen LogP contribution in [0.25, 0.3) is 0 Å². The SMILES string of the molecule is [CH2]C(C)CC.[I][Al]([I])[I]. The summed E-state index contributed by atoms with van der Waals surface area (Å²) < 4.78 is -0.229. The van der Waals surface area contributed by atoms with Crippen molar-refractivity contribution in [2.24, 2.45) is 5.92 Å². The second kappa shape index (κ2) is 10.7. The van der Waals surface area contributed by atoms with Gasteiger partial charge in [0.25, 0.3) is 0 Å². The molecule has 0 aromatic heterocycles. The molecule has 0 N–H and O–H groups in total. The molecule has 1 unspecified atom stereocenters. The molecular formula is C5H11AlI3. The van der Waals surface area contributed by atoms with Crippen molar-refractivity contribution in [3.63, 3.8) is 0 Å². The molecule has 9 heavy (non-hydrogen) atoms. The molecule has 0 aliphatic heterocycles. The van der Waals surface area contributed by atoms with Gasteiger partial charge >= 0.3 is 4.30 Å². The van der Waals surface area contributed by atoms with Gasteiger partial charge in [-0.1, -0.05) is 27.2 Å². The predicted octanol–water partition coefficient (Wildman–Crippen LogP) is 4.14. The van der Waals surface area contributed by atoms with Crippen LogP contribution >= 0.6 is 60.8 Å². The second-order valence-corrected chi connectivity index (χ2v) is 34.9. The third-order valence-electron chi connectivity index (χ3n) is 0.697. The fraction of sp³-hybridized carbons (Fsp3) is 0.800. The van der Waals surface area contributed by atoms with Crippen LogP contribution in [0.5, 0.6) is 0 Å². The van der Waals surface area contributed by atoms with Crippen molar-refractivity contribution in [2.75, 3.05) is 0 Å². The highest BCUT2D eigenvalue weighted by atomic mass is 127. The summed E-state index contributed by atoms with van der Waals surface area (Å²) in [6, 6.07) is 0. The lowest BCUT2D eigenvalue weighted by Crippen LogP contribution is -1.77. The Labute approximate surface area is 96.3 Å². The lowest BCUT2D eigenvalue weighted by Gasteiger charge is -1.90. The smallest absolute Gasteiger partial charge is 0.175 e. The van der Waals surface area contributed by atoms with Crippen LogP contribution in [0.4, 0.5) is 0 Å². The highest BCUT2D eigenvalue weighted by Crippen LogP contribution is 2.10. The average Bonchev–Trinajstić information content (AvgIpc) is 1.65. The van der Waals surface area contributed by atoms with E-state index >= 15 is 0 Å². The maximum absolute atomic E-state index is 3.76. The van der Waals surface area contributed by atoms with E-state index < -0.39 is 0 Å².